The van der Waals surface area contributed by atoms with E-state index in [9.17, 15) is 0 Å². The minimum atomic E-state index is 0.567. The molecule has 4 aromatic heterocycles. The topological polar surface area (TPSA) is 82.0 Å². The van der Waals surface area contributed by atoms with Gasteiger partial charge >= 0.3 is 0 Å². The molecule has 0 aliphatic rings. The molecular formula is C56H32N6O. The summed E-state index contributed by atoms with van der Waals surface area (Å²) in [6.07, 6.45) is 3.70. The first-order chi connectivity index (χ1) is 31.1. The van der Waals surface area contributed by atoms with Crippen molar-refractivity contribution in [3.05, 3.63) is 206 Å². The van der Waals surface area contributed by atoms with E-state index in [-0.39, 0.29) is 0 Å². The van der Waals surface area contributed by atoms with Gasteiger partial charge < -0.3 is 4.42 Å². The van der Waals surface area contributed by atoms with E-state index >= 15 is 0 Å². The van der Waals surface area contributed by atoms with Crippen LogP contribution in [0.15, 0.2) is 199 Å². The number of hydrogen-bond donors (Lipinski definition) is 0. The van der Waals surface area contributed by atoms with Gasteiger partial charge in [-0.05, 0) is 87.6 Å². The summed E-state index contributed by atoms with van der Waals surface area (Å²) in [6.45, 7) is 7.44. The molecule has 12 rings (SSSR count). The lowest BCUT2D eigenvalue weighted by Crippen LogP contribution is -2.00. The molecule has 0 amide bonds. The maximum atomic E-state index is 7.44. The second-order valence-corrected chi connectivity index (χ2v) is 15.5. The Kier molecular flexibility index (Phi) is 8.41. The van der Waals surface area contributed by atoms with E-state index in [2.05, 4.69) is 95.8 Å². The fourth-order valence-electron chi connectivity index (χ4n) is 8.78. The van der Waals surface area contributed by atoms with Gasteiger partial charge in [-0.2, -0.15) is 0 Å². The Morgan fingerprint density at radius 2 is 0.857 bits per heavy atom. The summed E-state index contributed by atoms with van der Waals surface area (Å²) in [5, 5.41) is 6.43. The van der Waals surface area contributed by atoms with E-state index < -0.39 is 0 Å². The molecule has 12 aromatic rings. The summed E-state index contributed by atoms with van der Waals surface area (Å²) in [6, 6.07) is 61.8. The number of nitrogens with zero attached hydrogens (tertiary/aromatic N) is 6. The van der Waals surface area contributed by atoms with Gasteiger partial charge in [-0.15, -0.1) is 0 Å². The van der Waals surface area contributed by atoms with Crippen LogP contribution in [0.2, 0.25) is 0 Å². The Labute approximate surface area is 361 Å². The molecule has 0 bridgehead atoms. The highest BCUT2D eigenvalue weighted by Gasteiger charge is 2.18. The lowest BCUT2D eigenvalue weighted by Gasteiger charge is -2.15. The molecule has 0 radical (unpaired) electrons. The summed E-state index contributed by atoms with van der Waals surface area (Å²) in [5.74, 6) is 1.74. The van der Waals surface area contributed by atoms with Gasteiger partial charge in [0.1, 0.15) is 11.2 Å². The van der Waals surface area contributed by atoms with Gasteiger partial charge in [0.15, 0.2) is 23.2 Å². The second kappa shape index (κ2) is 14.7. The standard InChI is InChI=1S/C56H32N6O/c1-57-41-24-21-34(22-25-41)46-32-48-45-19-10-28-59-53(45)47(33-49(48)44-18-9-27-58-52(44)46)38-15-7-13-36(29-38)37-14-8-16-39(30-37)55-60-54(35-11-3-2-4-12-35)61-56(62-55)40-23-26-43-42-17-5-6-20-50(42)63-51(43)31-40/h2-33H. The Balaban J connectivity index is 0.974. The van der Waals surface area contributed by atoms with Crippen molar-refractivity contribution in [2.75, 3.05) is 0 Å². The van der Waals surface area contributed by atoms with Crippen molar-refractivity contribution in [1.29, 1.82) is 0 Å². The number of hydrogen-bond acceptors (Lipinski definition) is 6. The van der Waals surface area contributed by atoms with Crippen molar-refractivity contribution in [3.63, 3.8) is 0 Å². The van der Waals surface area contributed by atoms with Gasteiger partial charge in [0, 0.05) is 61.8 Å². The van der Waals surface area contributed by atoms with Crippen molar-refractivity contribution in [3.8, 4) is 67.5 Å². The molecule has 8 aromatic carbocycles. The first-order valence-electron chi connectivity index (χ1n) is 20.7. The molecule has 4 heterocycles. The zero-order chi connectivity index (χ0) is 41.9. The number of rotatable bonds is 6. The molecule has 7 nitrogen and oxygen atoms in total. The molecule has 0 unspecified atom stereocenters. The van der Waals surface area contributed by atoms with E-state index in [4.69, 9.17) is 35.9 Å². The van der Waals surface area contributed by atoms with E-state index in [1.807, 2.05) is 103 Å². The highest BCUT2D eigenvalue weighted by Crippen LogP contribution is 2.42. The van der Waals surface area contributed by atoms with Crippen LogP contribution in [-0.4, -0.2) is 24.9 Å². The van der Waals surface area contributed by atoms with Crippen molar-refractivity contribution in [1.82, 2.24) is 24.9 Å². The molecule has 0 N–H and O–H groups in total. The average molecular weight is 805 g/mol. The third-order valence-electron chi connectivity index (χ3n) is 11.8. The van der Waals surface area contributed by atoms with Gasteiger partial charge in [0.25, 0.3) is 0 Å². The van der Waals surface area contributed by atoms with E-state index in [1.165, 1.54) is 0 Å². The Bertz CT molecular complexity index is 3810. The fourth-order valence-corrected chi connectivity index (χ4v) is 8.78. The lowest BCUT2D eigenvalue weighted by atomic mass is 9.90. The quantitative estimate of drug-likeness (QED) is 0.123. The fraction of sp³-hybridized carbons (Fsp3) is 0. The zero-order valence-corrected chi connectivity index (χ0v) is 33.6. The first-order valence-corrected chi connectivity index (χ1v) is 20.7. The molecule has 0 saturated heterocycles. The summed E-state index contributed by atoms with van der Waals surface area (Å²) in [7, 11) is 0. The number of pyridine rings is 2. The molecule has 7 heteroatoms. The normalized spacial score (nSPS) is 11.5. The molecule has 0 fully saturated rings. The summed E-state index contributed by atoms with van der Waals surface area (Å²) >= 11 is 0. The van der Waals surface area contributed by atoms with Crippen LogP contribution in [0.4, 0.5) is 5.69 Å². The second-order valence-electron chi connectivity index (χ2n) is 15.5. The highest BCUT2D eigenvalue weighted by molar-refractivity contribution is 6.22. The van der Waals surface area contributed by atoms with Crippen LogP contribution in [0.3, 0.4) is 0 Å². The average Bonchev–Trinajstić information content (AvgIpc) is 3.74. The lowest BCUT2D eigenvalue weighted by molar-refractivity contribution is 0.669. The molecule has 0 saturated carbocycles. The highest BCUT2D eigenvalue weighted by atomic mass is 16.3. The largest absolute Gasteiger partial charge is 0.456 e. The van der Waals surface area contributed by atoms with Gasteiger partial charge in [0.05, 0.1) is 17.6 Å². The smallest absolute Gasteiger partial charge is 0.187 e. The maximum Gasteiger partial charge on any atom is 0.187 e. The molecule has 292 valence electrons. The monoisotopic (exact) mass is 804 g/mol. The van der Waals surface area contributed by atoms with Crippen molar-refractivity contribution in [2.24, 2.45) is 0 Å². The first kappa shape index (κ1) is 36.0. The predicted molar refractivity (Wildman–Crippen MR) is 254 cm³/mol. The van der Waals surface area contributed by atoms with Gasteiger partial charge in [-0.25, -0.2) is 19.8 Å². The SMILES string of the molecule is [C-]#[N+]c1ccc(-c2cc3c4cccnc4c(-c4cccc(-c5cccc(-c6nc(-c7ccccc7)nc(-c7ccc8c(c7)oc7ccccc78)n6)c5)c4)cc3c3cccnc23)cc1. The Morgan fingerprint density at radius 3 is 1.54 bits per heavy atom. The number of fused-ring (bicyclic) bond motifs is 8. The van der Waals surface area contributed by atoms with Crippen LogP contribution in [0.1, 0.15) is 0 Å². The molecular weight excluding hydrogens is 773 g/mol. The third-order valence-corrected chi connectivity index (χ3v) is 11.8. The number of para-hydroxylation sites is 1. The predicted octanol–water partition coefficient (Wildman–Crippen LogP) is 14.6. The molecule has 0 aliphatic carbocycles. The third kappa shape index (κ3) is 6.25. The van der Waals surface area contributed by atoms with Gasteiger partial charge in [0.2, 0.25) is 0 Å². The molecule has 0 atom stereocenters. The van der Waals surface area contributed by atoms with Gasteiger partial charge in [-0.1, -0.05) is 127 Å². The van der Waals surface area contributed by atoms with E-state index in [0.717, 1.165) is 105 Å². The summed E-state index contributed by atoms with van der Waals surface area (Å²) < 4.78 is 6.26. The minimum Gasteiger partial charge on any atom is -0.456 e. The van der Waals surface area contributed by atoms with E-state index in [1.54, 1.807) is 0 Å². The van der Waals surface area contributed by atoms with Crippen molar-refractivity contribution >= 4 is 60.2 Å². The zero-order valence-electron chi connectivity index (χ0n) is 33.6. The maximum absolute atomic E-state index is 7.44. The van der Waals surface area contributed by atoms with E-state index in [0.29, 0.717) is 23.2 Å². The molecule has 63 heavy (non-hydrogen) atoms. The van der Waals surface area contributed by atoms with Crippen LogP contribution < -0.4 is 0 Å². The van der Waals surface area contributed by atoms with Crippen LogP contribution in [0.5, 0.6) is 0 Å². The summed E-state index contributed by atoms with van der Waals surface area (Å²) in [4.78, 5) is 28.6. The summed E-state index contributed by atoms with van der Waals surface area (Å²) in [5.41, 5.74) is 12.9. The molecule has 0 aliphatic heterocycles. The number of aromatic nitrogens is 5. The van der Waals surface area contributed by atoms with Crippen molar-refractivity contribution < 1.29 is 4.42 Å². The van der Waals surface area contributed by atoms with Crippen LogP contribution in [-0.2, 0) is 0 Å². The number of benzene rings is 8. The Hall–Kier alpha value is -8.86. The molecule has 0 spiro atoms. The van der Waals surface area contributed by atoms with Crippen LogP contribution in [0.25, 0.3) is 127 Å². The van der Waals surface area contributed by atoms with Gasteiger partial charge in [-0.3, -0.25) is 9.97 Å². The van der Waals surface area contributed by atoms with Crippen LogP contribution in [0, 0.1) is 6.57 Å². The minimum absolute atomic E-state index is 0.567. The van der Waals surface area contributed by atoms with Crippen LogP contribution >= 0.6 is 0 Å². The Morgan fingerprint density at radius 1 is 0.349 bits per heavy atom. The number of furan rings is 1. The van der Waals surface area contributed by atoms with Crippen molar-refractivity contribution in [2.45, 2.75) is 0 Å².